The lowest BCUT2D eigenvalue weighted by atomic mass is 10.0. The SMILES string of the molecule is c1ccc(-c2nc3cc4c(cc3o2)c2cc(-c3ccc5c(c3)c3ccccc3n5-c3ccc5oc6ccccc6c5c3)ccc2n4-c2ccccc2)cc1. The first kappa shape index (κ1) is 29.2. The number of para-hydroxylation sites is 3. The maximum absolute atomic E-state index is 6.38. The molecule has 5 nitrogen and oxygen atoms in total. The summed E-state index contributed by atoms with van der Waals surface area (Å²) in [5, 5.41) is 6.96. The van der Waals surface area contributed by atoms with E-state index in [4.69, 9.17) is 13.8 Å². The van der Waals surface area contributed by atoms with Crippen molar-refractivity contribution in [3.05, 3.63) is 176 Å². The summed E-state index contributed by atoms with van der Waals surface area (Å²) in [5.74, 6) is 0.625. The molecule has 0 fully saturated rings. The number of benzene rings is 8. The molecular formula is C49H29N3O2. The lowest BCUT2D eigenvalue weighted by molar-refractivity contribution is 0.620. The number of aromatic nitrogens is 3. The fraction of sp³-hybridized carbons (Fsp3) is 0. The van der Waals surface area contributed by atoms with Crippen LogP contribution >= 0.6 is 0 Å². The number of fused-ring (bicyclic) bond motifs is 10. The van der Waals surface area contributed by atoms with Crippen LogP contribution in [0.1, 0.15) is 0 Å². The molecule has 0 N–H and O–H groups in total. The van der Waals surface area contributed by atoms with E-state index >= 15 is 0 Å². The van der Waals surface area contributed by atoms with Gasteiger partial charge in [-0.3, -0.25) is 0 Å². The Morgan fingerprint density at radius 3 is 1.74 bits per heavy atom. The minimum Gasteiger partial charge on any atom is -0.456 e. The van der Waals surface area contributed by atoms with Gasteiger partial charge in [-0.15, -0.1) is 0 Å². The van der Waals surface area contributed by atoms with Crippen molar-refractivity contribution in [1.29, 1.82) is 0 Å². The minimum absolute atomic E-state index is 0.625. The number of furan rings is 1. The third-order valence-corrected chi connectivity index (χ3v) is 10.9. The Labute approximate surface area is 308 Å². The third-order valence-electron chi connectivity index (χ3n) is 10.9. The Morgan fingerprint density at radius 1 is 0.333 bits per heavy atom. The predicted molar refractivity (Wildman–Crippen MR) is 221 cm³/mol. The molecule has 0 radical (unpaired) electrons. The molecule has 5 heteroatoms. The molecule has 0 atom stereocenters. The van der Waals surface area contributed by atoms with Crippen LogP contribution in [0.15, 0.2) is 185 Å². The van der Waals surface area contributed by atoms with Crippen LogP contribution in [-0.2, 0) is 0 Å². The molecule has 0 aliphatic rings. The third kappa shape index (κ3) is 4.24. The van der Waals surface area contributed by atoms with Crippen molar-refractivity contribution in [3.8, 4) is 34.0 Å². The van der Waals surface area contributed by atoms with Crippen LogP contribution in [0.4, 0.5) is 0 Å². The van der Waals surface area contributed by atoms with Crippen LogP contribution in [0.25, 0.3) is 111 Å². The molecule has 4 heterocycles. The van der Waals surface area contributed by atoms with E-state index in [2.05, 4.69) is 143 Å². The van der Waals surface area contributed by atoms with Crippen molar-refractivity contribution in [2.45, 2.75) is 0 Å². The molecule has 0 spiro atoms. The van der Waals surface area contributed by atoms with Crippen LogP contribution in [0.5, 0.6) is 0 Å². The van der Waals surface area contributed by atoms with Gasteiger partial charge in [-0.25, -0.2) is 4.98 Å². The predicted octanol–water partition coefficient (Wildman–Crippen LogP) is 13.3. The molecule has 0 amide bonds. The standard InChI is InChI=1S/C49H29N3O2/c1-3-11-30(12-4-1)49-50-41-29-45-39(28-48(41)54-49)38-26-32(20-23-44(38)51(45)33-13-5-2-6-14-33)31-19-22-43-37(25-31)35-15-7-9-17-42(35)52(43)34-21-24-47-40(27-34)36-16-8-10-18-46(36)53-47/h1-29H. The first-order valence-electron chi connectivity index (χ1n) is 18.2. The van der Waals surface area contributed by atoms with Gasteiger partial charge in [-0.05, 0) is 102 Å². The van der Waals surface area contributed by atoms with Crippen molar-refractivity contribution in [2.75, 3.05) is 0 Å². The summed E-state index contributed by atoms with van der Waals surface area (Å²) in [7, 11) is 0. The molecule has 8 aromatic carbocycles. The van der Waals surface area contributed by atoms with Gasteiger partial charge in [0.15, 0.2) is 5.58 Å². The van der Waals surface area contributed by atoms with Gasteiger partial charge in [0.25, 0.3) is 0 Å². The normalized spacial score (nSPS) is 12.1. The van der Waals surface area contributed by atoms with E-state index in [1.54, 1.807) is 0 Å². The Kier molecular flexibility index (Phi) is 5.99. The van der Waals surface area contributed by atoms with Gasteiger partial charge in [0.2, 0.25) is 5.89 Å². The highest BCUT2D eigenvalue weighted by molar-refractivity contribution is 6.15. The van der Waals surface area contributed by atoms with E-state index in [0.29, 0.717) is 5.89 Å². The monoisotopic (exact) mass is 691 g/mol. The molecule has 54 heavy (non-hydrogen) atoms. The molecule has 0 saturated heterocycles. The second-order valence-corrected chi connectivity index (χ2v) is 14.0. The summed E-state index contributed by atoms with van der Waals surface area (Å²) in [6.45, 7) is 0. The summed E-state index contributed by atoms with van der Waals surface area (Å²) < 4.78 is 17.3. The molecular weight excluding hydrogens is 663 g/mol. The van der Waals surface area contributed by atoms with Gasteiger partial charge >= 0.3 is 0 Å². The van der Waals surface area contributed by atoms with Crippen LogP contribution in [0, 0.1) is 0 Å². The van der Waals surface area contributed by atoms with Crippen molar-refractivity contribution in [3.63, 3.8) is 0 Å². The first-order chi connectivity index (χ1) is 26.7. The largest absolute Gasteiger partial charge is 0.456 e. The molecule has 0 saturated carbocycles. The molecule has 4 aromatic heterocycles. The quantitative estimate of drug-likeness (QED) is 0.185. The Hall–Kier alpha value is -7.37. The molecule has 0 aliphatic heterocycles. The number of nitrogens with zero attached hydrogens (tertiary/aromatic N) is 3. The fourth-order valence-electron chi connectivity index (χ4n) is 8.46. The summed E-state index contributed by atoms with van der Waals surface area (Å²) in [4.78, 5) is 4.92. The van der Waals surface area contributed by atoms with E-state index in [-0.39, 0.29) is 0 Å². The van der Waals surface area contributed by atoms with Gasteiger partial charge < -0.3 is 18.0 Å². The van der Waals surface area contributed by atoms with Crippen LogP contribution in [-0.4, -0.2) is 14.1 Å². The molecule has 12 rings (SSSR count). The highest BCUT2D eigenvalue weighted by Crippen LogP contribution is 2.40. The smallest absolute Gasteiger partial charge is 0.227 e. The fourth-order valence-corrected chi connectivity index (χ4v) is 8.46. The average molecular weight is 692 g/mol. The molecule has 252 valence electrons. The van der Waals surface area contributed by atoms with Crippen molar-refractivity contribution in [2.24, 2.45) is 0 Å². The van der Waals surface area contributed by atoms with Crippen molar-refractivity contribution >= 4 is 76.6 Å². The Balaban J connectivity index is 1.05. The van der Waals surface area contributed by atoms with Crippen LogP contribution < -0.4 is 0 Å². The second-order valence-electron chi connectivity index (χ2n) is 14.0. The van der Waals surface area contributed by atoms with Gasteiger partial charge in [0.1, 0.15) is 16.7 Å². The minimum atomic E-state index is 0.625. The lowest BCUT2D eigenvalue weighted by Gasteiger charge is -2.09. The molecule has 0 unspecified atom stereocenters. The zero-order chi connectivity index (χ0) is 35.3. The van der Waals surface area contributed by atoms with E-state index in [0.717, 1.165) is 88.4 Å². The summed E-state index contributed by atoms with van der Waals surface area (Å²) in [5.41, 5.74) is 13.5. The number of rotatable bonds is 4. The lowest BCUT2D eigenvalue weighted by Crippen LogP contribution is -1.93. The van der Waals surface area contributed by atoms with E-state index in [9.17, 15) is 0 Å². The van der Waals surface area contributed by atoms with Crippen molar-refractivity contribution in [1.82, 2.24) is 14.1 Å². The van der Waals surface area contributed by atoms with Crippen LogP contribution in [0.2, 0.25) is 0 Å². The summed E-state index contributed by atoms with van der Waals surface area (Å²) in [6.07, 6.45) is 0. The van der Waals surface area contributed by atoms with E-state index in [1.165, 1.54) is 16.3 Å². The highest BCUT2D eigenvalue weighted by Gasteiger charge is 2.19. The van der Waals surface area contributed by atoms with Crippen LogP contribution in [0.3, 0.4) is 0 Å². The molecule has 0 bridgehead atoms. The average Bonchev–Trinajstić information content (AvgIpc) is 3.99. The Bertz CT molecular complexity index is 3440. The van der Waals surface area contributed by atoms with Gasteiger partial charge in [-0.1, -0.05) is 84.9 Å². The van der Waals surface area contributed by atoms with Gasteiger partial charge in [0, 0.05) is 49.3 Å². The Morgan fingerprint density at radius 2 is 0.944 bits per heavy atom. The number of hydrogen-bond acceptors (Lipinski definition) is 3. The van der Waals surface area contributed by atoms with Crippen molar-refractivity contribution < 1.29 is 8.83 Å². The molecule has 0 aliphatic carbocycles. The van der Waals surface area contributed by atoms with Gasteiger partial charge in [-0.2, -0.15) is 0 Å². The number of hydrogen-bond donors (Lipinski definition) is 0. The second kappa shape index (κ2) is 11.1. The summed E-state index contributed by atoms with van der Waals surface area (Å²) in [6, 6.07) is 62.1. The molecule has 12 aromatic rings. The first-order valence-corrected chi connectivity index (χ1v) is 18.2. The maximum Gasteiger partial charge on any atom is 0.227 e. The van der Waals surface area contributed by atoms with E-state index in [1.807, 2.05) is 42.5 Å². The van der Waals surface area contributed by atoms with E-state index < -0.39 is 0 Å². The maximum atomic E-state index is 6.38. The zero-order valence-corrected chi connectivity index (χ0v) is 28.9. The highest BCUT2D eigenvalue weighted by atomic mass is 16.3. The topological polar surface area (TPSA) is 49.0 Å². The zero-order valence-electron chi connectivity index (χ0n) is 28.9. The number of oxazole rings is 1. The van der Waals surface area contributed by atoms with Gasteiger partial charge in [0.05, 0.1) is 22.1 Å². The summed E-state index contributed by atoms with van der Waals surface area (Å²) >= 11 is 0.